The van der Waals surface area contributed by atoms with E-state index in [0.29, 0.717) is 11.5 Å². The molecule has 0 spiro atoms. The summed E-state index contributed by atoms with van der Waals surface area (Å²) < 4.78 is 0. The highest BCUT2D eigenvalue weighted by Crippen LogP contribution is 2.26. The molecule has 0 amide bonds. The van der Waals surface area contributed by atoms with Crippen LogP contribution in [0.1, 0.15) is 5.69 Å². The normalized spacial score (nSPS) is 10.3. The van der Waals surface area contributed by atoms with Crippen molar-refractivity contribution in [2.45, 2.75) is 6.92 Å². The Morgan fingerprint density at radius 1 is 1.47 bits per heavy atom. The Morgan fingerprint density at radius 2 is 2.27 bits per heavy atom. The van der Waals surface area contributed by atoms with E-state index in [0.717, 1.165) is 10.8 Å². The third-order valence-corrected chi connectivity index (χ3v) is 2.86. The van der Waals surface area contributed by atoms with Crippen molar-refractivity contribution in [3.05, 3.63) is 22.6 Å². The van der Waals surface area contributed by atoms with E-state index in [1.807, 2.05) is 12.3 Å². The molecule has 0 aliphatic heterocycles. The van der Waals surface area contributed by atoms with Crippen LogP contribution < -0.4 is 11.1 Å². The first-order valence-corrected chi connectivity index (χ1v) is 5.37. The number of hydrogen-bond acceptors (Lipinski definition) is 6. The Labute approximate surface area is 95.3 Å². The molecule has 0 saturated heterocycles. The molecule has 0 aliphatic carbocycles. The first-order valence-electron chi connectivity index (χ1n) is 4.12. The highest BCUT2D eigenvalue weighted by molar-refractivity contribution is 7.13. The standard InChI is InChI=1S/C8H8ClN5S/c1-4-2-15-8(13-4)14-7-5(10)6(9)11-3-12-7/h2-3H,10H2,1H3,(H,11,12,13,14). The number of nitrogens with two attached hydrogens (primary N) is 1. The second-order valence-electron chi connectivity index (χ2n) is 2.85. The molecule has 0 aromatic carbocycles. The van der Waals surface area contributed by atoms with Gasteiger partial charge in [0, 0.05) is 5.38 Å². The molecule has 0 bridgehead atoms. The van der Waals surface area contributed by atoms with E-state index >= 15 is 0 Å². The highest BCUT2D eigenvalue weighted by atomic mass is 35.5. The van der Waals surface area contributed by atoms with Crippen LogP contribution in [0.25, 0.3) is 0 Å². The zero-order chi connectivity index (χ0) is 10.8. The van der Waals surface area contributed by atoms with Crippen LogP contribution in [-0.4, -0.2) is 15.0 Å². The van der Waals surface area contributed by atoms with Gasteiger partial charge >= 0.3 is 0 Å². The summed E-state index contributed by atoms with van der Waals surface area (Å²) >= 11 is 7.23. The molecular formula is C8H8ClN5S. The van der Waals surface area contributed by atoms with Crippen LogP contribution in [-0.2, 0) is 0 Å². The number of nitrogens with zero attached hydrogens (tertiary/aromatic N) is 3. The number of aryl methyl sites for hydroxylation is 1. The first kappa shape index (κ1) is 10.1. The maximum Gasteiger partial charge on any atom is 0.188 e. The zero-order valence-corrected chi connectivity index (χ0v) is 9.43. The first-order chi connectivity index (χ1) is 7.16. The van der Waals surface area contributed by atoms with Crippen molar-refractivity contribution in [3.63, 3.8) is 0 Å². The Bertz CT molecular complexity index is 484. The van der Waals surface area contributed by atoms with Crippen molar-refractivity contribution in [2.24, 2.45) is 0 Å². The Hall–Kier alpha value is -1.40. The summed E-state index contributed by atoms with van der Waals surface area (Å²) in [6, 6.07) is 0. The fourth-order valence-corrected chi connectivity index (χ4v) is 1.81. The van der Waals surface area contributed by atoms with Crippen molar-refractivity contribution in [2.75, 3.05) is 11.1 Å². The Kier molecular flexibility index (Phi) is 2.70. The maximum atomic E-state index is 5.75. The van der Waals surface area contributed by atoms with E-state index in [2.05, 4.69) is 20.3 Å². The van der Waals surface area contributed by atoms with Crippen LogP contribution in [0.2, 0.25) is 5.15 Å². The van der Waals surface area contributed by atoms with Gasteiger partial charge in [0.25, 0.3) is 0 Å². The molecule has 0 fully saturated rings. The lowest BCUT2D eigenvalue weighted by molar-refractivity contribution is 1.16. The van der Waals surface area contributed by atoms with E-state index in [4.69, 9.17) is 17.3 Å². The minimum Gasteiger partial charge on any atom is -0.393 e. The van der Waals surface area contributed by atoms with Gasteiger partial charge in [-0.05, 0) is 6.92 Å². The fraction of sp³-hybridized carbons (Fsp3) is 0.125. The van der Waals surface area contributed by atoms with E-state index in [-0.39, 0.29) is 5.15 Å². The second kappa shape index (κ2) is 4.00. The zero-order valence-electron chi connectivity index (χ0n) is 7.86. The second-order valence-corrected chi connectivity index (χ2v) is 4.06. The summed E-state index contributed by atoms with van der Waals surface area (Å²) in [4.78, 5) is 12.0. The minimum atomic E-state index is 0.237. The molecular weight excluding hydrogens is 234 g/mol. The number of anilines is 3. The fourth-order valence-electron chi connectivity index (χ4n) is 0.986. The van der Waals surface area contributed by atoms with Gasteiger partial charge in [-0.25, -0.2) is 15.0 Å². The number of hydrogen-bond donors (Lipinski definition) is 2. The van der Waals surface area contributed by atoms with Crippen molar-refractivity contribution >= 4 is 39.6 Å². The van der Waals surface area contributed by atoms with E-state index in [9.17, 15) is 0 Å². The average Bonchev–Trinajstić information content (AvgIpc) is 2.59. The van der Waals surface area contributed by atoms with Crippen LogP contribution in [0.15, 0.2) is 11.7 Å². The summed E-state index contributed by atoms with van der Waals surface area (Å²) in [6.45, 7) is 1.91. The number of rotatable bonds is 2. The largest absolute Gasteiger partial charge is 0.393 e. The van der Waals surface area contributed by atoms with Gasteiger partial charge < -0.3 is 11.1 Å². The lowest BCUT2D eigenvalue weighted by Crippen LogP contribution is -2.00. The van der Waals surface area contributed by atoms with E-state index < -0.39 is 0 Å². The van der Waals surface area contributed by atoms with Gasteiger partial charge in [0.15, 0.2) is 16.1 Å². The molecule has 15 heavy (non-hydrogen) atoms. The smallest absolute Gasteiger partial charge is 0.188 e. The topological polar surface area (TPSA) is 76.7 Å². The van der Waals surface area contributed by atoms with Crippen molar-refractivity contribution in [1.29, 1.82) is 0 Å². The van der Waals surface area contributed by atoms with Gasteiger partial charge in [-0.15, -0.1) is 11.3 Å². The van der Waals surface area contributed by atoms with Crippen molar-refractivity contribution in [1.82, 2.24) is 15.0 Å². The molecule has 5 nitrogen and oxygen atoms in total. The molecule has 78 valence electrons. The van der Waals surface area contributed by atoms with Crippen LogP contribution in [0.4, 0.5) is 16.6 Å². The van der Waals surface area contributed by atoms with Gasteiger partial charge in [-0.2, -0.15) is 0 Å². The molecule has 7 heteroatoms. The number of nitrogens with one attached hydrogen (secondary N) is 1. The summed E-state index contributed by atoms with van der Waals surface area (Å²) in [6.07, 6.45) is 1.35. The lowest BCUT2D eigenvalue weighted by Gasteiger charge is -2.04. The van der Waals surface area contributed by atoms with E-state index in [1.54, 1.807) is 0 Å². The molecule has 0 saturated carbocycles. The van der Waals surface area contributed by atoms with Gasteiger partial charge in [-0.3, -0.25) is 0 Å². The summed E-state index contributed by atoms with van der Waals surface area (Å²) in [7, 11) is 0. The molecule has 0 aliphatic rings. The van der Waals surface area contributed by atoms with Crippen LogP contribution in [0.5, 0.6) is 0 Å². The lowest BCUT2D eigenvalue weighted by atomic mass is 10.5. The quantitative estimate of drug-likeness (QED) is 0.789. The monoisotopic (exact) mass is 241 g/mol. The minimum absolute atomic E-state index is 0.237. The van der Waals surface area contributed by atoms with Gasteiger partial charge in [0.1, 0.15) is 12.0 Å². The molecule has 3 N–H and O–H groups in total. The average molecular weight is 242 g/mol. The molecule has 2 rings (SSSR count). The number of thiazole rings is 1. The number of halogens is 1. The third kappa shape index (κ3) is 2.16. The molecule has 2 aromatic heterocycles. The maximum absolute atomic E-state index is 5.75. The van der Waals surface area contributed by atoms with Crippen molar-refractivity contribution < 1.29 is 0 Å². The predicted molar refractivity (Wildman–Crippen MR) is 61.6 cm³/mol. The molecule has 2 aromatic rings. The van der Waals surface area contributed by atoms with Gasteiger partial charge in [0.05, 0.1) is 5.69 Å². The SMILES string of the molecule is Cc1csc(Nc2ncnc(Cl)c2N)n1. The molecule has 2 heterocycles. The number of aromatic nitrogens is 3. The van der Waals surface area contributed by atoms with Crippen LogP contribution >= 0.6 is 22.9 Å². The Morgan fingerprint density at radius 3 is 2.93 bits per heavy atom. The summed E-state index contributed by atoms with van der Waals surface area (Å²) in [5.74, 6) is 0.476. The molecule has 0 radical (unpaired) electrons. The number of nitrogen functional groups attached to an aromatic ring is 1. The third-order valence-electron chi connectivity index (χ3n) is 1.68. The highest BCUT2D eigenvalue weighted by Gasteiger charge is 2.07. The van der Waals surface area contributed by atoms with Gasteiger partial charge in [-0.1, -0.05) is 11.6 Å². The summed E-state index contributed by atoms with van der Waals surface area (Å²) in [5.41, 5.74) is 6.97. The van der Waals surface area contributed by atoms with Crippen molar-refractivity contribution in [3.8, 4) is 0 Å². The van der Waals surface area contributed by atoms with E-state index in [1.165, 1.54) is 17.7 Å². The van der Waals surface area contributed by atoms with Gasteiger partial charge in [0.2, 0.25) is 0 Å². The Balaban J connectivity index is 2.28. The summed E-state index contributed by atoms with van der Waals surface area (Å²) in [5, 5.41) is 5.88. The molecule has 0 unspecified atom stereocenters. The van der Waals surface area contributed by atoms with Crippen LogP contribution in [0.3, 0.4) is 0 Å². The van der Waals surface area contributed by atoms with Crippen LogP contribution in [0, 0.1) is 6.92 Å². The molecule has 0 atom stereocenters. The predicted octanol–water partition coefficient (Wildman–Crippen LogP) is 2.22.